The van der Waals surface area contributed by atoms with Gasteiger partial charge in [-0.25, -0.2) is 4.39 Å². The number of carbonyl (C=O) groups excluding carboxylic acids is 1. The molecular weight excluding hydrogens is 393 g/mol. The van der Waals surface area contributed by atoms with Crippen molar-refractivity contribution in [3.63, 3.8) is 0 Å². The number of halogens is 2. The largest absolute Gasteiger partial charge is 0.457 e. The summed E-state index contributed by atoms with van der Waals surface area (Å²) in [6.07, 6.45) is 2.94. The third-order valence-corrected chi connectivity index (χ3v) is 5.08. The van der Waals surface area contributed by atoms with Crippen LogP contribution in [0.15, 0.2) is 65.1 Å². The average Bonchev–Trinajstić information content (AvgIpc) is 3.21. The van der Waals surface area contributed by atoms with E-state index in [1.807, 2.05) is 23.1 Å². The van der Waals surface area contributed by atoms with Crippen LogP contribution in [0.2, 0.25) is 5.02 Å². The van der Waals surface area contributed by atoms with Gasteiger partial charge in [0.05, 0.1) is 23.9 Å². The number of ketones is 1. The molecule has 6 heteroatoms. The van der Waals surface area contributed by atoms with Gasteiger partial charge in [-0.1, -0.05) is 23.7 Å². The van der Waals surface area contributed by atoms with E-state index in [9.17, 15) is 9.18 Å². The molecule has 3 aromatic rings. The lowest BCUT2D eigenvalue weighted by Crippen LogP contribution is -2.36. The molecule has 1 aliphatic heterocycles. The van der Waals surface area contributed by atoms with Gasteiger partial charge in [-0.2, -0.15) is 0 Å². The first-order chi connectivity index (χ1) is 14.1. The lowest BCUT2D eigenvalue weighted by Gasteiger charge is -2.29. The molecule has 0 atom stereocenters. The zero-order valence-corrected chi connectivity index (χ0v) is 16.4. The highest BCUT2D eigenvalue weighted by atomic mass is 35.5. The number of carbonyl (C=O) groups is 1. The number of hydrogen-bond donors (Lipinski definition) is 0. The maximum atomic E-state index is 14.5. The quantitative estimate of drug-likeness (QED) is 0.412. The predicted octanol–water partition coefficient (Wildman–Crippen LogP) is 5.47. The van der Waals surface area contributed by atoms with E-state index in [0.717, 1.165) is 5.56 Å². The number of benzene rings is 2. The SMILES string of the molecule is O=C(/C=C\c1ccc(-c2ccccc2Cl)o1)c1ccc(N2CCOCC2)c(F)c1. The van der Waals surface area contributed by atoms with Crippen molar-refractivity contribution in [3.05, 3.63) is 82.8 Å². The van der Waals surface area contributed by atoms with Gasteiger partial charge >= 0.3 is 0 Å². The number of hydrogen-bond acceptors (Lipinski definition) is 4. The van der Waals surface area contributed by atoms with Crippen LogP contribution < -0.4 is 4.90 Å². The van der Waals surface area contributed by atoms with Crippen LogP contribution >= 0.6 is 11.6 Å². The van der Waals surface area contributed by atoms with Gasteiger partial charge in [-0.3, -0.25) is 4.79 Å². The normalized spacial score (nSPS) is 14.5. The highest BCUT2D eigenvalue weighted by Gasteiger charge is 2.16. The molecular formula is C23H19ClFNO3. The molecule has 0 bridgehead atoms. The summed E-state index contributed by atoms with van der Waals surface area (Å²) in [6.45, 7) is 2.41. The highest BCUT2D eigenvalue weighted by molar-refractivity contribution is 6.33. The van der Waals surface area contributed by atoms with Crippen molar-refractivity contribution in [2.24, 2.45) is 0 Å². The second-order valence-corrected chi connectivity index (χ2v) is 7.05. The molecule has 2 aromatic carbocycles. The van der Waals surface area contributed by atoms with Crippen LogP contribution in [0.5, 0.6) is 0 Å². The Morgan fingerprint density at radius 3 is 2.62 bits per heavy atom. The Bertz CT molecular complexity index is 1050. The van der Waals surface area contributed by atoms with Crippen molar-refractivity contribution >= 4 is 29.1 Å². The summed E-state index contributed by atoms with van der Waals surface area (Å²) >= 11 is 6.18. The molecule has 0 N–H and O–H groups in total. The molecule has 0 radical (unpaired) electrons. The summed E-state index contributed by atoms with van der Waals surface area (Å²) in [7, 11) is 0. The van der Waals surface area contributed by atoms with E-state index in [0.29, 0.717) is 48.5 Å². The van der Waals surface area contributed by atoms with E-state index in [1.54, 1.807) is 36.4 Å². The second-order valence-electron chi connectivity index (χ2n) is 6.65. The summed E-state index contributed by atoms with van der Waals surface area (Å²) in [5.41, 5.74) is 1.55. The molecule has 0 saturated carbocycles. The van der Waals surface area contributed by atoms with E-state index < -0.39 is 5.82 Å². The number of allylic oxidation sites excluding steroid dienone is 1. The Labute approximate surface area is 173 Å². The van der Waals surface area contributed by atoms with Gasteiger partial charge in [0.1, 0.15) is 17.3 Å². The maximum absolute atomic E-state index is 14.5. The monoisotopic (exact) mass is 411 g/mol. The molecule has 1 saturated heterocycles. The third kappa shape index (κ3) is 4.42. The number of rotatable bonds is 5. The average molecular weight is 412 g/mol. The molecule has 1 fully saturated rings. The summed E-state index contributed by atoms with van der Waals surface area (Å²) in [5, 5.41) is 0.587. The van der Waals surface area contributed by atoms with E-state index in [1.165, 1.54) is 12.1 Å². The van der Waals surface area contributed by atoms with Crippen molar-refractivity contribution < 1.29 is 18.3 Å². The van der Waals surface area contributed by atoms with Crippen LogP contribution in [0.1, 0.15) is 16.1 Å². The summed E-state index contributed by atoms with van der Waals surface area (Å²) < 4.78 is 25.5. The molecule has 29 heavy (non-hydrogen) atoms. The van der Waals surface area contributed by atoms with E-state index >= 15 is 0 Å². The zero-order valence-electron chi connectivity index (χ0n) is 15.6. The second kappa shape index (κ2) is 8.64. The highest BCUT2D eigenvalue weighted by Crippen LogP contribution is 2.29. The number of nitrogens with zero attached hydrogens (tertiary/aromatic N) is 1. The Kier molecular flexibility index (Phi) is 5.79. The molecule has 1 aliphatic rings. The Morgan fingerprint density at radius 1 is 1.07 bits per heavy atom. The van der Waals surface area contributed by atoms with Crippen molar-refractivity contribution in [1.82, 2.24) is 0 Å². The minimum atomic E-state index is -0.412. The van der Waals surface area contributed by atoms with Gasteiger partial charge in [-0.05, 0) is 54.6 Å². The Balaban J connectivity index is 1.47. The summed E-state index contributed by atoms with van der Waals surface area (Å²) in [4.78, 5) is 14.4. The van der Waals surface area contributed by atoms with Crippen LogP contribution in [0.25, 0.3) is 17.4 Å². The van der Waals surface area contributed by atoms with Crippen molar-refractivity contribution in [1.29, 1.82) is 0 Å². The van der Waals surface area contributed by atoms with Crippen molar-refractivity contribution in [2.45, 2.75) is 0 Å². The maximum Gasteiger partial charge on any atom is 0.186 e. The van der Waals surface area contributed by atoms with E-state index in [4.69, 9.17) is 20.8 Å². The number of furan rings is 1. The minimum Gasteiger partial charge on any atom is -0.457 e. The molecule has 0 unspecified atom stereocenters. The van der Waals surface area contributed by atoms with E-state index in [-0.39, 0.29) is 11.3 Å². The molecule has 4 rings (SSSR count). The molecule has 4 nitrogen and oxygen atoms in total. The van der Waals surface area contributed by atoms with Gasteiger partial charge < -0.3 is 14.1 Å². The van der Waals surface area contributed by atoms with Gasteiger partial charge in [0.15, 0.2) is 5.78 Å². The van der Waals surface area contributed by atoms with Crippen molar-refractivity contribution in [2.75, 3.05) is 31.2 Å². The predicted molar refractivity (Wildman–Crippen MR) is 112 cm³/mol. The Morgan fingerprint density at radius 2 is 1.86 bits per heavy atom. The lowest BCUT2D eigenvalue weighted by molar-refractivity contribution is 0.104. The molecule has 2 heterocycles. The fourth-order valence-corrected chi connectivity index (χ4v) is 3.45. The van der Waals surface area contributed by atoms with Crippen LogP contribution in [0.3, 0.4) is 0 Å². The van der Waals surface area contributed by atoms with Gasteiger partial charge in [0.25, 0.3) is 0 Å². The van der Waals surface area contributed by atoms with Crippen LogP contribution in [-0.2, 0) is 4.74 Å². The number of morpholine rings is 1. The molecule has 148 valence electrons. The third-order valence-electron chi connectivity index (χ3n) is 4.75. The topological polar surface area (TPSA) is 42.7 Å². The van der Waals surface area contributed by atoms with E-state index in [2.05, 4.69) is 0 Å². The standard InChI is InChI=1S/C23H19ClFNO3/c24-19-4-2-1-3-18(19)23-10-7-17(29-23)6-9-22(27)16-5-8-21(20(25)15-16)26-11-13-28-14-12-26/h1-10,15H,11-14H2/b9-6-. The summed E-state index contributed by atoms with van der Waals surface area (Å²) in [5.74, 6) is 0.417. The molecule has 0 spiro atoms. The first-order valence-electron chi connectivity index (χ1n) is 9.31. The van der Waals surface area contributed by atoms with Crippen molar-refractivity contribution in [3.8, 4) is 11.3 Å². The van der Waals surface area contributed by atoms with Crippen LogP contribution in [-0.4, -0.2) is 32.1 Å². The molecule has 0 aliphatic carbocycles. The zero-order chi connectivity index (χ0) is 20.2. The molecule has 1 aromatic heterocycles. The van der Waals surface area contributed by atoms with Gasteiger partial charge in [0, 0.05) is 24.2 Å². The fourth-order valence-electron chi connectivity index (χ4n) is 3.22. The Hall–Kier alpha value is -2.89. The minimum absolute atomic E-state index is 0.286. The number of ether oxygens (including phenoxy) is 1. The number of anilines is 1. The van der Waals surface area contributed by atoms with Gasteiger partial charge in [0.2, 0.25) is 0 Å². The molecule has 0 amide bonds. The summed E-state index contributed by atoms with van der Waals surface area (Å²) in [6, 6.07) is 15.5. The first kappa shape index (κ1) is 19.4. The van der Waals surface area contributed by atoms with Crippen LogP contribution in [0.4, 0.5) is 10.1 Å². The van der Waals surface area contributed by atoms with Crippen LogP contribution in [0, 0.1) is 5.82 Å². The first-order valence-corrected chi connectivity index (χ1v) is 9.69. The smallest absolute Gasteiger partial charge is 0.186 e. The fraction of sp³-hybridized carbons (Fsp3) is 0.174. The lowest BCUT2D eigenvalue weighted by atomic mass is 10.1. The van der Waals surface area contributed by atoms with Gasteiger partial charge in [-0.15, -0.1) is 0 Å².